The van der Waals surface area contributed by atoms with Crippen molar-refractivity contribution in [2.24, 2.45) is 7.05 Å². The Kier molecular flexibility index (Phi) is 5.62. The van der Waals surface area contributed by atoms with Gasteiger partial charge in [0.05, 0.1) is 16.4 Å². The van der Waals surface area contributed by atoms with Crippen LogP contribution in [0.5, 0.6) is 0 Å². The van der Waals surface area contributed by atoms with E-state index in [1.807, 2.05) is 25.6 Å². The lowest BCUT2D eigenvalue weighted by atomic mass is 10.3. The van der Waals surface area contributed by atoms with E-state index in [-0.39, 0.29) is 6.04 Å². The molecule has 1 N–H and O–H groups in total. The highest BCUT2D eigenvalue weighted by atomic mass is 35.5. The minimum atomic E-state index is -0.779. The van der Waals surface area contributed by atoms with Crippen LogP contribution in [0.3, 0.4) is 0 Å². The lowest BCUT2D eigenvalue weighted by Gasteiger charge is -2.12. The molecule has 0 aromatic carbocycles. The van der Waals surface area contributed by atoms with Crippen LogP contribution in [0.2, 0.25) is 5.02 Å². The maximum Gasteiger partial charge on any atom is 0.0863 e. The molecule has 0 aliphatic rings. The molecule has 1 rings (SSSR count). The Hall–Kier alpha value is -0.390. The number of hydrogen-bond donors (Lipinski definition) is 1. The first-order valence-electron chi connectivity index (χ1n) is 5.69. The van der Waals surface area contributed by atoms with Crippen molar-refractivity contribution >= 4 is 22.4 Å². The van der Waals surface area contributed by atoms with Crippen molar-refractivity contribution in [1.29, 1.82) is 0 Å². The first-order valence-corrected chi connectivity index (χ1v) is 7.79. The van der Waals surface area contributed by atoms with E-state index in [1.54, 1.807) is 6.26 Å². The molecule has 0 amide bonds. The summed E-state index contributed by atoms with van der Waals surface area (Å²) in [5, 5.41) is 8.41. The first kappa shape index (κ1) is 14.7. The number of hydrogen-bond acceptors (Lipinski definition) is 3. The fraction of sp³-hybridized carbons (Fsp3) is 0.727. The quantitative estimate of drug-likeness (QED) is 0.857. The SMILES string of the molecule is CCc1nn(C)c(CNC(C)CS(C)=O)c1Cl. The second-order valence-corrected chi connectivity index (χ2v) is 6.06. The summed E-state index contributed by atoms with van der Waals surface area (Å²) in [6, 6.07) is 0.205. The number of nitrogens with one attached hydrogen (secondary N) is 1. The zero-order valence-corrected chi connectivity index (χ0v) is 12.4. The number of nitrogens with zero attached hydrogens (tertiary/aromatic N) is 2. The molecular weight excluding hydrogens is 258 g/mol. The summed E-state index contributed by atoms with van der Waals surface area (Å²) in [6.07, 6.45) is 2.55. The molecule has 0 saturated carbocycles. The Morgan fingerprint density at radius 1 is 1.59 bits per heavy atom. The minimum absolute atomic E-state index is 0.205. The molecule has 0 bridgehead atoms. The normalized spacial score (nSPS) is 14.9. The molecule has 0 fully saturated rings. The largest absolute Gasteiger partial charge is 0.308 e. The summed E-state index contributed by atoms with van der Waals surface area (Å²) >= 11 is 6.24. The fourth-order valence-electron chi connectivity index (χ4n) is 1.69. The number of aryl methyl sites for hydroxylation is 2. The van der Waals surface area contributed by atoms with E-state index in [0.29, 0.717) is 12.3 Å². The lowest BCUT2D eigenvalue weighted by Crippen LogP contribution is -2.31. The molecular formula is C11H20ClN3OS. The molecule has 0 aliphatic carbocycles. The van der Waals surface area contributed by atoms with Crippen LogP contribution in [0.4, 0.5) is 0 Å². The van der Waals surface area contributed by atoms with Gasteiger partial charge in [0.15, 0.2) is 0 Å². The van der Waals surface area contributed by atoms with E-state index >= 15 is 0 Å². The van der Waals surface area contributed by atoms with Crippen molar-refractivity contribution in [2.45, 2.75) is 32.9 Å². The second kappa shape index (κ2) is 6.52. The van der Waals surface area contributed by atoms with E-state index in [1.165, 1.54) is 0 Å². The first-order chi connectivity index (χ1) is 7.95. The second-order valence-electron chi connectivity index (χ2n) is 4.21. The van der Waals surface area contributed by atoms with E-state index in [0.717, 1.165) is 22.8 Å². The van der Waals surface area contributed by atoms with Crippen LogP contribution in [-0.4, -0.2) is 32.0 Å². The fourth-order valence-corrected chi connectivity index (χ4v) is 2.88. The van der Waals surface area contributed by atoms with Crippen molar-refractivity contribution in [2.75, 3.05) is 12.0 Å². The molecule has 1 heterocycles. The average Bonchev–Trinajstić information content (AvgIpc) is 2.50. The van der Waals surface area contributed by atoms with Gasteiger partial charge in [-0.1, -0.05) is 18.5 Å². The summed E-state index contributed by atoms with van der Waals surface area (Å²) in [7, 11) is 1.11. The Labute approximate surface area is 110 Å². The molecule has 0 saturated heterocycles. The maximum absolute atomic E-state index is 11.1. The number of rotatable bonds is 6. The van der Waals surface area contributed by atoms with Crippen LogP contribution in [0.15, 0.2) is 0 Å². The van der Waals surface area contributed by atoms with Gasteiger partial charge in [0.1, 0.15) is 0 Å². The zero-order valence-electron chi connectivity index (χ0n) is 10.8. The van der Waals surface area contributed by atoms with Crippen LogP contribution in [0.25, 0.3) is 0 Å². The maximum atomic E-state index is 11.1. The van der Waals surface area contributed by atoms with Gasteiger partial charge in [-0.2, -0.15) is 5.10 Å². The zero-order chi connectivity index (χ0) is 13.0. The molecule has 98 valence electrons. The molecule has 17 heavy (non-hydrogen) atoms. The van der Waals surface area contributed by atoms with Gasteiger partial charge < -0.3 is 5.32 Å². The molecule has 1 aromatic rings. The van der Waals surface area contributed by atoms with Crippen LogP contribution in [-0.2, 0) is 30.8 Å². The van der Waals surface area contributed by atoms with Crippen molar-refractivity contribution < 1.29 is 4.21 Å². The van der Waals surface area contributed by atoms with Crippen LogP contribution in [0.1, 0.15) is 25.2 Å². The van der Waals surface area contributed by atoms with Gasteiger partial charge in [0.2, 0.25) is 0 Å². The minimum Gasteiger partial charge on any atom is -0.308 e. The number of aromatic nitrogens is 2. The smallest absolute Gasteiger partial charge is 0.0863 e. The molecule has 6 heteroatoms. The predicted octanol–water partition coefficient (Wildman–Crippen LogP) is 1.49. The molecule has 2 atom stereocenters. The molecule has 0 radical (unpaired) electrons. The summed E-state index contributed by atoms with van der Waals surface area (Å²) in [5.74, 6) is 0.649. The van der Waals surface area contributed by atoms with Crippen molar-refractivity contribution in [3.05, 3.63) is 16.4 Å². The predicted molar refractivity (Wildman–Crippen MR) is 72.8 cm³/mol. The molecule has 2 unspecified atom stereocenters. The topological polar surface area (TPSA) is 46.9 Å². The summed E-state index contributed by atoms with van der Waals surface area (Å²) in [4.78, 5) is 0. The third kappa shape index (κ3) is 4.08. The third-order valence-corrected chi connectivity index (χ3v) is 4.01. The monoisotopic (exact) mass is 277 g/mol. The third-order valence-electron chi connectivity index (χ3n) is 2.61. The highest BCUT2D eigenvalue weighted by Gasteiger charge is 2.13. The van der Waals surface area contributed by atoms with Gasteiger partial charge in [-0.15, -0.1) is 0 Å². The van der Waals surface area contributed by atoms with Gasteiger partial charge >= 0.3 is 0 Å². The van der Waals surface area contributed by atoms with Crippen molar-refractivity contribution in [3.8, 4) is 0 Å². The molecule has 0 aliphatic heterocycles. The Morgan fingerprint density at radius 2 is 2.24 bits per heavy atom. The van der Waals surface area contributed by atoms with Crippen LogP contribution >= 0.6 is 11.6 Å². The Balaban J connectivity index is 2.63. The highest BCUT2D eigenvalue weighted by Crippen LogP contribution is 2.20. The van der Waals surface area contributed by atoms with Crippen LogP contribution in [0, 0.1) is 0 Å². The van der Waals surface area contributed by atoms with E-state index < -0.39 is 10.8 Å². The van der Waals surface area contributed by atoms with E-state index in [4.69, 9.17) is 11.6 Å². The average molecular weight is 278 g/mol. The standard InChI is InChI=1S/C11H20ClN3OS/c1-5-9-11(12)10(15(3)14-9)6-13-8(2)7-17(4)16/h8,13H,5-7H2,1-4H3. The Bertz CT molecular complexity index is 406. The van der Waals surface area contributed by atoms with Crippen molar-refractivity contribution in [3.63, 3.8) is 0 Å². The molecule has 4 nitrogen and oxygen atoms in total. The van der Waals surface area contributed by atoms with Crippen LogP contribution < -0.4 is 5.32 Å². The Morgan fingerprint density at radius 3 is 2.71 bits per heavy atom. The highest BCUT2D eigenvalue weighted by molar-refractivity contribution is 7.84. The van der Waals surface area contributed by atoms with Gasteiger partial charge in [-0.25, -0.2) is 0 Å². The van der Waals surface area contributed by atoms with Gasteiger partial charge in [-0.05, 0) is 13.3 Å². The van der Waals surface area contributed by atoms with Gasteiger partial charge in [0.25, 0.3) is 0 Å². The summed E-state index contributed by atoms with van der Waals surface area (Å²) < 4.78 is 12.9. The summed E-state index contributed by atoms with van der Waals surface area (Å²) in [6.45, 7) is 4.71. The van der Waals surface area contributed by atoms with E-state index in [9.17, 15) is 4.21 Å². The number of halogens is 1. The van der Waals surface area contributed by atoms with E-state index in [2.05, 4.69) is 10.4 Å². The molecule has 1 aromatic heterocycles. The summed E-state index contributed by atoms with van der Waals surface area (Å²) in [5.41, 5.74) is 1.91. The van der Waals surface area contributed by atoms with Crippen molar-refractivity contribution in [1.82, 2.24) is 15.1 Å². The lowest BCUT2D eigenvalue weighted by molar-refractivity contribution is 0.559. The van der Waals surface area contributed by atoms with Gasteiger partial charge in [-0.3, -0.25) is 8.89 Å². The molecule has 0 spiro atoms. The van der Waals surface area contributed by atoms with Gasteiger partial charge in [0, 0.05) is 42.4 Å².